The molecule has 0 aliphatic rings. The number of hydrogen-bond acceptors (Lipinski definition) is 3. The molecule has 0 saturated heterocycles. The third-order valence-corrected chi connectivity index (χ3v) is 4.36. The van der Waals surface area contributed by atoms with Crippen LogP contribution >= 0.6 is 23.2 Å². The van der Waals surface area contributed by atoms with Crippen LogP contribution in [-0.4, -0.2) is 15.0 Å². The summed E-state index contributed by atoms with van der Waals surface area (Å²) >= 11 is 12.0. The van der Waals surface area contributed by atoms with Crippen molar-refractivity contribution < 1.29 is 4.98 Å². The van der Waals surface area contributed by atoms with Crippen molar-refractivity contribution in [2.45, 2.75) is 6.17 Å². The summed E-state index contributed by atoms with van der Waals surface area (Å²) < 4.78 is 1.85. The predicted octanol–water partition coefficient (Wildman–Crippen LogP) is 4.21. The zero-order valence-electron chi connectivity index (χ0n) is 13.0. The molecule has 0 fully saturated rings. The summed E-state index contributed by atoms with van der Waals surface area (Å²) in [6.45, 7) is 0. The molecule has 2 aromatic carbocycles. The van der Waals surface area contributed by atoms with Gasteiger partial charge in [-0.05, 0) is 30.3 Å². The number of halogens is 2. The fourth-order valence-corrected chi connectivity index (χ4v) is 2.89. The monoisotopic (exact) mass is 370 g/mol. The van der Waals surface area contributed by atoms with Crippen LogP contribution in [-0.2, 0) is 0 Å². The Kier molecular flexibility index (Phi) is 4.26. The molecule has 2 aromatic heterocycles. The quantitative estimate of drug-likeness (QED) is 0.585. The number of pyridine rings is 1. The fraction of sp³-hybridized carbons (Fsp3) is 0.0556. The van der Waals surface area contributed by atoms with E-state index >= 15 is 0 Å². The first-order valence-corrected chi connectivity index (χ1v) is 8.45. The molecule has 0 aliphatic carbocycles. The van der Waals surface area contributed by atoms with Crippen LogP contribution in [0.3, 0.4) is 0 Å². The highest BCUT2D eigenvalue weighted by molar-refractivity contribution is 6.30. The SMILES string of the molecule is Clc1ccc([C@H](Nc2ccc(Cl)c[nH+]2)n2nnc3ccccc32)cc1. The van der Waals surface area contributed by atoms with E-state index in [2.05, 4.69) is 20.6 Å². The molecule has 2 heterocycles. The Bertz CT molecular complexity index is 996. The highest BCUT2D eigenvalue weighted by Gasteiger charge is 2.22. The molecule has 124 valence electrons. The smallest absolute Gasteiger partial charge is 0.248 e. The second-order valence-corrected chi connectivity index (χ2v) is 6.41. The van der Waals surface area contributed by atoms with E-state index in [0.717, 1.165) is 22.4 Å². The number of rotatable bonds is 4. The number of anilines is 1. The minimum atomic E-state index is -0.262. The number of nitrogens with one attached hydrogen (secondary N) is 2. The predicted molar refractivity (Wildman–Crippen MR) is 98.7 cm³/mol. The Morgan fingerprint density at radius 2 is 1.68 bits per heavy atom. The van der Waals surface area contributed by atoms with Crippen LogP contribution < -0.4 is 10.3 Å². The van der Waals surface area contributed by atoms with Crippen LogP contribution in [0.15, 0.2) is 66.9 Å². The number of fused-ring (bicyclic) bond motifs is 1. The first-order valence-electron chi connectivity index (χ1n) is 7.70. The Morgan fingerprint density at radius 1 is 0.920 bits per heavy atom. The van der Waals surface area contributed by atoms with Gasteiger partial charge in [0.2, 0.25) is 6.17 Å². The molecule has 0 saturated carbocycles. The van der Waals surface area contributed by atoms with E-state index < -0.39 is 0 Å². The van der Waals surface area contributed by atoms with Gasteiger partial charge in [-0.1, -0.05) is 52.7 Å². The number of hydrogen-bond donors (Lipinski definition) is 1. The van der Waals surface area contributed by atoms with E-state index in [1.807, 2.05) is 65.3 Å². The average Bonchev–Trinajstić information content (AvgIpc) is 3.06. The van der Waals surface area contributed by atoms with Gasteiger partial charge in [0.05, 0.1) is 10.5 Å². The van der Waals surface area contributed by atoms with Gasteiger partial charge in [0.1, 0.15) is 11.7 Å². The summed E-state index contributed by atoms with van der Waals surface area (Å²) in [6.07, 6.45) is 1.46. The number of nitrogens with zero attached hydrogens (tertiary/aromatic N) is 3. The van der Waals surface area contributed by atoms with Gasteiger partial charge >= 0.3 is 0 Å². The molecular formula is C18H14Cl2N5+. The first-order chi connectivity index (χ1) is 12.2. The second kappa shape index (κ2) is 6.70. The van der Waals surface area contributed by atoms with Crippen molar-refractivity contribution in [3.05, 3.63) is 82.5 Å². The van der Waals surface area contributed by atoms with Crippen molar-refractivity contribution in [2.75, 3.05) is 5.32 Å². The molecule has 4 aromatic rings. The molecule has 0 aliphatic heterocycles. The summed E-state index contributed by atoms with van der Waals surface area (Å²) in [7, 11) is 0. The minimum Gasteiger partial charge on any atom is -0.248 e. The Morgan fingerprint density at radius 3 is 2.44 bits per heavy atom. The fourth-order valence-electron chi connectivity index (χ4n) is 2.65. The standard InChI is InChI=1S/C18H13Cl2N5/c19-13-7-5-12(6-8-13)18(22-17-10-9-14(20)11-21-17)25-16-4-2-1-3-15(16)23-24-25/h1-11,18H,(H,21,22)/p+1/t18-/m1/s1. The van der Waals surface area contributed by atoms with Crippen molar-refractivity contribution in [3.8, 4) is 0 Å². The largest absolute Gasteiger partial charge is 0.274 e. The summed E-state index contributed by atoms with van der Waals surface area (Å²) in [5, 5.41) is 13.4. The minimum absolute atomic E-state index is 0.262. The molecular weight excluding hydrogens is 357 g/mol. The maximum atomic E-state index is 6.04. The number of aromatic amines is 1. The van der Waals surface area contributed by atoms with Crippen LogP contribution in [0, 0.1) is 0 Å². The molecule has 0 radical (unpaired) electrons. The lowest BCUT2D eigenvalue weighted by molar-refractivity contribution is -0.361. The van der Waals surface area contributed by atoms with Crippen molar-refractivity contribution in [1.29, 1.82) is 0 Å². The van der Waals surface area contributed by atoms with E-state index in [1.165, 1.54) is 0 Å². The Hall–Kier alpha value is -2.63. The lowest BCUT2D eigenvalue weighted by atomic mass is 10.1. The molecule has 7 heteroatoms. The topological polar surface area (TPSA) is 56.9 Å². The van der Waals surface area contributed by atoms with Crippen LogP contribution in [0.25, 0.3) is 11.0 Å². The highest BCUT2D eigenvalue weighted by Crippen LogP contribution is 2.24. The average molecular weight is 371 g/mol. The molecule has 0 bridgehead atoms. The van der Waals surface area contributed by atoms with Gasteiger partial charge in [-0.2, -0.15) is 4.68 Å². The number of H-pyrrole nitrogens is 1. The lowest BCUT2D eigenvalue weighted by Crippen LogP contribution is -2.24. The summed E-state index contributed by atoms with van der Waals surface area (Å²) in [5.74, 6) is 0.809. The van der Waals surface area contributed by atoms with E-state index in [4.69, 9.17) is 23.2 Å². The molecule has 25 heavy (non-hydrogen) atoms. The molecule has 1 atom stereocenters. The maximum Gasteiger partial charge on any atom is 0.274 e. The van der Waals surface area contributed by atoms with Gasteiger partial charge < -0.3 is 0 Å². The van der Waals surface area contributed by atoms with Crippen molar-refractivity contribution in [2.24, 2.45) is 0 Å². The van der Waals surface area contributed by atoms with Crippen molar-refractivity contribution >= 4 is 40.1 Å². The van der Waals surface area contributed by atoms with E-state index in [1.54, 1.807) is 6.20 Å². The third kappa shape index (κ3) is 3.29. The van der Waals surface area contributed by atoms with E-state index in [9.17, 15) is 0 Å². The number of aromatic nitrogens is 4. The summed E-state index contributed by atoms with van der Waals surface area (Å²) in [5.41, 5.74) is 2.77. The zero-order valence-corrected chi connectivity index (χ0v) is 14.5. The summed E-state index contributed by atoms with van der Waals surface area (Å²) in [6, 6.07) is 19.2. The van der Waals surface area contributed by atoms with Crippen molar-refractivity contribution in [3.63, 3.8) is 0 Å². The number of para-hydroxylation sites is 1. The zero-order chi connectivity index (χ0) is 17.2. The van der Waals surface area contributed by atoms with Gasteiger partial charge in [-0.25, -0.2) is 10.3 Å². The second-order valence-electron chi connectivity index (χ2n) is 5.54. The number of benzene rings is 2. The van der Waals surface area contributed by atoms with Gasteiger partial charge in [0.15, 0.2) is 0 Å². The lowest BCUT2D eigenvalue weighted by Gasteiger charge is -2.16. The van der Waals surface area contributed by atoms with Gasteiger partial charge in [0, 0.05) is 16.7 Å². The molecule has 0 spiro atoms. The maximum absolute atomic E-state index is 6.04. The molecule has 0 amide bonds. The Labute approximate surface area is 154 Å². The van der Waals surface area contributed by atoms with Gasteiger partial charge in [-0.15, -0.1) is 5.10 Å². The van der Waals surface area contributed by atoms with Crippen LogP contribution in [0.5, 0.6) is 0 Å². The Balaban J connectivity index is 1.80. The van der Waals surface area contributed by atoms with Gasteiger partial charge in [0.25, 0.3) is 5.82 Å². The molecule has 4 rings (SSSR count). The molecule has 5 nitrogen and oxygen atoms in total. The van der Waals surface area contributed by atoms with Crippen LogP contribution in [0.1, 0.15) is 11.7 Å². The normalized spacial score (nSPS) is 12.2. The van der Waals surface area contributed by atoms with Gasteiger partial charge in [-0.3, -0.25) is 0 Å². The third-order valence-electron chi connectivity index (χ3n) is 3.87. The first kappa shape index (κ1) is 15.9. The van der Waals surface area contributed by atoms with Crippen LogP contribution in [0.4, 0.5) is 5.82 Å². The van der Waals surface area contributed by atoms with E-state index in [-0.39, 0.29) is 6.17 Å². The van der Waals surface area contributed by atoms with E-state index in [0.29, 0.717) is 10.0 Å². The van der Waals surface area contributed by atoms with Crippen molar-refractivity contribution in [1.82, 2.24) is 15.0 Å². The van der Waals surface area contributed by atoms with Crippen LogP contribution in [0.2, 0.25) is 10.0 Å². The summed E-state index contributed by atoms with van der Waals surface area (Å²) in [4.78, 5) is 3.13. The molecule has 0 unspecified atom stereocenters. The highest BCUT2D eigenvalue weighted by atomic mass is 35.5. The molecule has 2 N–H and O–H groups in total.